The monoisotopic (exact) mass is 347 g/mol. The van der Waals surface area contributed by atoms with E-state index in [2.05, 4.69) is 30.8 Å². The Morgan fingerprint density at radius 2 is 1.92 bits per heavy atom. The topological polar surface area (TPSA) is 63.6 Å². The number of hydrogen-bond donors (Lipinski definition) is 0. The van der Waals surface area contributed by atoms with Gasteiger partial charge in [-0.25, -0.2) is 0 Å². The van der Waals surface area contributed by atoms with Crippen LogP contribution in [0, 0.1) is 5.92 Å². The van der Waals surface area contributed by atoms with Gasteiger partial charge in [0.15, 0.2) is 11.5 Å². The van der Waals surface area contributed by atoms with E-state index in [1.54, 1.807) is 18.2 Å². The molecule has 1 aromatic rings. The van der Waals surface area contributed by atoms with E-state index in [1.165, 1.54) is 0 Å². The van der Waals surface area contributed by atoms with E-state index >= 15 is 0 Å². The van der Waals surface area contributed by atoms with E-state index in [4.69, 9.17) is 14.2 Å². The van der Waals surface area contributed by atoms with Gasteiger partial charge in [0.25, 0.3) is 11.9 Å². The first-order valence-corrected chi connectivity index (χ1v) is 8.62. The molecule has 0 N–H and O–H groups in total. The number of aliphatic imine (C=N–C) groups is 1. The summed E-state index contributed by atoms with van der Waals surface area (Å²) in [7, 11) is 2.08. The largest absolute Gasteiger partial charge is 0.465 e. The molecule has 0 atom stereocenters. The summed E-state index contributed by atoms with van der Waals surface area (Å²) in [5.41, 5.74) is 0.462. The highest BCUT2D eigenvalue weighted by Crippen LogP contribution is 2.32. The Labute approximate surface area is 148 Å². The first-order valence-electron chi connectivity index (χ1n) is 8.62. The standard InChI is InChI=1S/C18H25N3O4/c1-13(2)11-23-18(21-8-6-20(3)7-9-21)19-17(22)14-4-5-15-16(10-14)25-12-24-15/h4-5,10,13H,6-9,11-12H2,1-3H3. The maximum Gasteiger partial charge on any atom is 0.295 e. The summed E-state index contributed by atoms with van der Waals surface area (Å²) in [5, 5.41) is 0. The quantitative estimate of drug-likeness (QED) is 0.614. The zero-order valence-electron chi connectivity index (χ0n) is 15.0. The minimum Gasteiger partial charge on any atom is -0.465 e. The van der Waals surface area contributed by atoms with Gasteiger partial charge in [-0.3, -0.25) is 4.79 Å². The van der Waals surface area contributed by atoms with Crippen molar-refractivity contribution in [3.8, 4) is 11.5 Å². The lowest BCUT2D eigenvalue weighted by atomic mass is 10.2. The number of ether oxygens (including phenoxy) is 3. The van der Waals surface area contributed by atoms with Crippen LogP contribution >= 0.6 is 0 Å². The highest BCUT2D eigenvalue weighted by atomic mass is 16.7. The third kappa shape index (κ3) is 4.42. The minimum atomic E-state index is -0.337. The second kappa shape index (κ2) is 7.74. The van der Waals surface area contributed by atoms with Gasteiger partial charge >= 0.3 is 0 Å². The number of rotatable bonds is 3. The average Bonchev–Trinajstić information content (AvgIpc) is 3.06. The molecule has 2 aliphatic heterocycles. The normalized spacial score (nSPS) is 17.9. The molecule has 0 bridgehead atoms. The van der Waals surface area contributed by atoms with Crippen LogP contribution in [0.5, 0.6) is 11.5 Å². The van der Waals surface area contributed by atoms with Gasteiger partial charge in [-0.2, -0.15) is 4.99 Å². The van der Waals surface area contributed by atoms with Gasteiger partial charge in [0, 0.05) is 31.7 Å². The molecule has 0 unspecified atom stereocenters. The molecule has 25 heavy (non-hydrogen) atoms. The summed E-state index contributed by atoms with van der Waals surface area (Å²) in [6, 6.07) is 5.50. The summed E-state index contributed by atoms with van der Waals surface area (Å²) in [6.45, 7) is 8.27. The summed E-state index contributed by atoms with van der Waals surface area (Å²) < 4.78 is 16.5. The number of fused-ring (bicyclic) bond motifs is 1. The second-order valence-electron chi connectivity index (χ2n) is 6.76. The number of carbonyl (C=O) groups is 1. The van der Waals surface area contributed by atoms with Crippen LogP contribution in [0.4, 0.5) is 0 Å². The Bertz CT molecular complexity index is 652. The van der Waals surface area contributed by atoms with Gasteiger partial charge in [-0.1, -0.05) is 13.8 Å². The van der Waals surface area contributed by atoms with Gasteiger partial charge < -0.3 is 24.0 Å². The van der Waals surface area contributed by atoms with Crippen molar-refractivity contribution in [2.24, 2.45) is 10.9 Å². The molecule has 0 aliphatic carbocycles. The Morgan fingerprint density at radius 3 is 2.64 bits per heavy atom. The Morgan fingerprint density at radius 1 is 1.20 bits per heavy atom. The highest BCUT2D eigenvalue weighted by Gasteiger charge is 2.22. The molecule has 3 rings (SSSR count). The van der Waals surface area contributed by atoms with Crippen LogP contribution < -0.4 is 9.47 Å². The predicted octanol–water partition coefficient (Wildman–Crippen LogP) is 1.83. The molecule has 1 fully saturated rings. The van der Waals surface area contributed by atoms with E-state index in [0.717, 1.165) is 26.2 Å². The Hall–Kier alpha value is -2.28. The first kappa shape index (κ1) is 17.5. The number of carbonyl (C=O) groups excluding carboxylic acids is 1. The molecule has 0 radical (unpaired) electrons. The lowest BCUT2D eigenvalue weighted by molar-refractivity contribution is 0.0985. The molecule has 1 aromatic carbocycles. The maximum atomic E-state index is 12.6. The smallest absolute Gasteiger partial charge is 0.295 e. The summed E-state index contributed by atoms with van der Waals surface area (Å²) in [6.07, 6.45) is 0. The second-order valence-corrected chi connectivity index (χ2v) is 6.76. The molecule has 2 heterocycles. The van der Waals surface area contributed by atoms with E-state index in [9.17, 15) is 4.79 Å². The molecule has 0 saturated carbocycles. The number of amidine groups is 1. The van der Waals surface area contributed by atoms with Crippen molar-refractivity contribution in [1.82, 2.24) is 9.80 Å². The van der Waals surface area contributed by atoms with Crippen molar-refractivity contribution in [3.63, 3.8) is 0 Å². The number of benzene rings is 1. The van der Waals surface area contributed by atoms with Crippen molar-refractivity contribution >= 4 is 11.9 Å². The predicted molar refractivity (Wildman–Crippen MR) is 94.2 cm³/mol. The average molecular weight is 347 g/mol. The third-order valence-corrected chi connectivity index (χ3v) is 4.14. The van der Waals surface area contributed by atoms with Crippen molar-refractivity contribution in [1.29, 1.82) is 0 Å². The van der Waals surface area contributed by atoms with E-state index < -0.39 is 0 Å². The molecule has 1 amide bonds. The van der Waals surface area contributed by atoms with Gasteiger partial charge in [-0.15, -0.1) is 0 Å². The lowest BCUT2D eigenvalue weighted by Gasteiger charge is -2.33. The van der Waals surface area contributed by atoms with Crippen LogP contribution in [0.15, 0.2) is 23.2 Å². The Balaban J connectivity index is 1.77. The minimum absolute atomic E-state index is 0.181. The molecular formula is C18H25N3O4. The van der Waals surface area contributed by atoms with Crippen LogP contribution in [0.3, 0.4) is 0 Å². The van der Waals surface area contributed by atoms with Crippen LogP contribution in [0.25, 0.3) is 0 Å². The first-order chi connectivity index (χ1) is 12.0. The Kier molecular flexibility index (Phi) is 5.43. The third-order valence-electron chi connectivity index (χ3n) is 4.14. The van der Waals surface area contributed by atoms with Crippen LogP contribution in [0.2, 0.25) is 0 Å². The zero-order valence-corrected chi connectivity index (χ0v) is 15.0. The number of hydrogen-bond acceptors (Lipinski definition) is 5. The molecule has 7 heteroatoms. The van der Waals surface area contributed by atoms with Crippen LogP contribution in [0.1, 0.15) is 24.2 Å². The molecular weight excluding hydrogens is 322 g/mol. The fourth-order valence-electron chi connectivity index (χ4n) is 2.61. The summed E-state index contributed by atoms with van der Waals surface area (Å²) >= 11 is 0. The number of piperazine rings is 1. The lowest BCUT2D eigenvalue weighted by Crippen LogP contribution is -2.48. The molecule has 0 aromatic heterocycles. The van der Waals surface area contributed by atoms with E-state index in [-0.39, 0.29) is 12.7 Å². The maximum absolute atomic E-state index is 12.6. The SMILES string of the molecule is CC(C)COC(=NC(=O)c1ccc2c(c1)OCO2)N1CCN(C)CC1. The van der Waals surface area contributed by atoms with Crippen molar-refractivity contribution in [2.45, 2.75) is 13.8 Å². The number of amides is 1. The van der Waals surface area contributed by atoms with E-state index in [1.807, 2.05) is 4.90 Å². The molecule has 7 nitrogen and oxygen atoms in total. The van der Waals surface area contributed by atoms with Crippen molar-refractivity contribution in [2.75, 3.05) is 46.6 Å². The molecule has 2 aliphatic rings. The number of nitrogens with zero attached hydrogens (tertiary/aromatic N) is 3. The van der Waals surface area contributed by atoms with E-state index in [0.29, 0.717) is 35.6 Å². The van der Waals surface area contributed by atoms with Crippen molar-refractivity contribution < 1.29 is 19.0 Å². The molecule has 1 saturated heterocycles. The van der Waals surface area contributed by atoms with Gasteiger partial charge in [-0.05, 0) is 31.2 Å². The zero-order chi connectivity index (χ0) is 17.8. The fourth-order valence-corrected chi connectivity index (χ4v) is 2.61. The summed E-state index contributed by atoms with van der Waals surface area (Å²) in [4.78, 5) is 21.1. The van der Waals surface area contributed by atoms with Crippen LogP contribution in [-0.4, -0.2) is 68.4 Å². The van der Waals surface area contributed by atoms with Gasteiger partial charge in [0.05, 0.1) is 6.61 Å². The van der Waals surface area contributed by atoms with Crippen LogP contribution in [-0.2, 0) is 4.74 Å². The molecule has 136 valence electrons. The van der Waals surface area contributed by atoms with Gasteiger partial charge in [0.1, 0.15) is 0 Å². The highest BCUT2D eigenvalue weighted by molar-refractivity contribution is 6.01. The fraction of sp³-hybridized carbons (Fsp3) is 0.556. The molecule has 0 spiro atoms. The van der Waals surface area contributed by atoms with Crippen molar-refractivity contribution in [3.05, 3.63) is 23.8 Å². The van der Waals surface area contributed by atoms with Gasteiger partial charge in [0.2, 0.25) is 6.79 Å². The number of likely N-dealkylation sites (N-methyl/N-ethyl adjacent to an activating group) is 1. The summed E-state index contributed by atoms with van der Waals surface area (Å²) in [5.74, 6) is 1.25.